The summed E-state index contributed by atoms with van der Waals surface area (Å²) in [4.78, 5) is 26.7. The number of carbonyl (C=O) groups excluding carboxylic acids is 2. The molecule has 0 aliphatic carbocycles. The molecule has 0 unspecified atom stereocenters. The van der Waals surface area contributed by atoms with Crippen molar-refractivity contribution in [3.8, 4) is 5.75 Å². The van der Waals surface area contributed by atoms with Gasteiger partial charge < -0.3 is 14.5 Å². The summed E-state index contributed by atoms with van der Waals surface area (Å²) >= 11 is 0. The number of benzene rings is 1. The summed E-state index contributed by atoms with van der Waals surface area (Å²) in [6.45, 7) is 3.16. The van der Waals surface area contributed by atoms with Crippen molar-refractivity contribution < 1.29 is 23.5 Å². The summed E-state index contributed by atoms with van der Waals surface area (Å²) in [5.74, 6) is -0.780. The van der Waals surface area contributed by atoms with Crippen LogP contribution in [-0.4, -0.2) is 30.5 Å². The van der Waals surface area contributed by atoms with E-state index in [2.05, 4.69) is 9.72 Å². The van der Waals surface area contributed by atoms with Crippen LogP contribution in [0.25, 0.3) is 0 Å². The zero-order valence-electron chi connectivity index (χ0n) is 12.5. The topological polar surface area (TPSA) is 68.4 Å². The second-order valence-electron chi connectivity index (χ2n) is 4.78. The lowest BCUT2D eigenvalue weighted by Crippen LogP contribution is -2.13. The van der Waals surface area contributed by atoms with Crippen LogP contribution in [0, 0.1) is 19.7 Å². The number of methoxy groups -OCH3 is 1. The smallest absolute Gasteiger partial charge is 0.354 e. The van der Waals surface area contributed by atoms with Gasteiger partial charge >= 0.3 is 5.97 Å². The highest BCUT2D eigenvalue weighted by molar-refractivity contribution is 6.03. The number of ketones is 1. The number of nitrogens with one attached hydrogen (secondary N) is 1. The largest absolute Gasteiger partial charge is 0.485 e. The first kappa shape index (κ1) is 15.8. The maximum atomic E-state index is 12.8. The highest BCUT2D eigenvalue weighted by Crippen LogP contribution is 2.20. The van der Waals surface area contributed by atoms with Crippen molar-refractivity contribution >= 4 is 11.8 Å². The summed E-state index contributed by atoms with van der Waals surface area (Å²) in [5, 5.41) is 0. The number of ether oxygens (including phenoxy) is 2. The SMILES string of the molecule is COC(=O)c1[nH]c(C)c(C(=O)COc2ccc(F)cc2)c1C. The van der Waals surface area contributed by atoms with Gasteiger partial charge in [-0.15, -0.1) is 0 Å². The zero-order valence-corrected chi connectivity index (χ0v) is 12.5. The Bertz CT molecular complexity index is 704. The minimum absolute atomic E-state index is 0.203. The number of hydrogen-bond donors (Lipinski definition) is 1. The summed E-state index contributed by atoms with van der Waals surface area (Å²) in [6, 6.07) is 5.39. The summed E-state index contributed by atoms with van der Waals surface area (Å²) in [7, 11) is 1.27. The molecular weight excluding hydrogens is 289 g/mol. The molecule has 22 heavy (non-hydrogen) atoms. The van der Waals surface area contributed by atoms with Gasteiger partial charge in [0.15, 0.2) is 6.61 Å². The molecule has 2 aromatic rings. The third-order valence-electron chi connectivity index (χ3n) is 3.29. The molecule has 6 heteroatoms. The number of aryl methyl sites for hydroxylation is 1. The van der Waals surface area contributed by atoms with Crippen LogP contribution >= 0.6 is 0 Å². The number of Topliss-reactive ketones (excluding diaryl/α,β-unsaturated/α-hetero) is 1. The van der Waals surface area contributed by atoms with Gasteiger partial charge in [-0.25, -0.2) is 9.18 Å². The molecule has 0 spiro atoms. The maximum Gasteiger partial charge on any atom is 0.354 e. The molecule has 1 heterocycles. The number of aromatic nitrogens is 1. The summed E-state index contributed by atoms with van der Waals surface area (Å²) < 4.78 is 22.8. The molecule has 2 rings (SSSR count). The van der Waals surface area contributed by atoms with Crippen LogP contribution < -0.4 is 4.74 Å². The van der Waals surface area contributed by atoms with E-state index in [9.17, 15) is 14.0 Å². The lowest BCUT2D eigenvalue weighted by molar-refractivity contribution is 0.0594. The van der Waals surface area contributed by atoms with E-state index in [4.69, 9.17) is 4.74 Å². The number of halogens is 1. The van der Waals surface area contributed by atoms with E-state index in [-0.39, 0.29) is 23.9 Å². The molecular formula is C16H16FNO4. The first-order valence-electron chi connectivity index (χ1n) is 6.63. The lowest BCUT2D eigenvalue weighted by Gasteiger charge is -2.06. The van der Waals surface area contributed by atoms with Crippen molar-refractivity contribution in [1.82, 2.24) is 4.98 Å². The Labute approximate surface area is 127 Å². The normalized spacial score (nSPS) is 10.4. The maximum absolute atomic E-state index is 12.8. The highest BCUT2D eigenvalue weighted by Gasteiger charge is 2.22. The van der Waals surface area contributed by atoms with Gasteiger partial charge in [0, 0.05) is 11.3 Å². The predicted octanol–water partition coefficient (Wildman–Crippen LogP) is 2.82. The van der Waals surface area contributed by atoms with E-state index in [1.807, 2.05) is 0 Å². The molecule has 0 radical (unpaired) electrons. The first-order chi connectivity index (χ1) is 10.4. The van der Waals surface area contributed by atoms with Crippen LogP contribution in [0.3, 0.4) is 0 Å². The van der Waals surface area contributed by atoms with Gasteiger partial charge in [0.1, 0.15) is 17.3 Å². The van der Waals surface area contributed by atoms with E-state index in [0.29, 0.717) is 22.6 Å². The molecule has 116 valence electrons. The molecule has 0 amide bonds. The molecule has 0 bridgehead atoms. The highest BCUT2D eigenvalue weighted by atomic mass is 19.1. The third-order valence-corrected chi connectivity index (χ3v) is 3.29. The minimum Gasteiger partial charge on any atom is -0.485 e. The van der Waals surface area contributed by atoms with Crippen molar-refractivity contribution in [3.63, 3.8) is 0 Å². The van der Waals surface area contributed by atoms with Gasteiger partial charge in [-0.05, 0) is 43.7 Å². The molecule has 0 aliphatic heterocycles. The van der Waals surface area contributed by atoms with Gasteiger partial charge in [-0.1, -0.05) is 0 Å². The van der Waals surface area contributed by atoms with Crippen molar-refractivity contribution in [3.05, 3.63) is 52.6 Å². The number of H-pyrrole nitrogens is 1. The number of aromatic amines is 1. The zero-order chi connectivity index (χ0) is 16.3. The van der Waals surface area contributed by atoms with Crippen molar-refractivity contribution in [2.24, 2.45) is 0 Å². The summed E-state index contributed by atoms with van der Waals surface area (Å²) in [5.41, 5.74) is 1.76. The molecule has 0 saturated heterocycles. The van der Waals surface area contributed by atoms with Crippen LogP contribution in [0.2, 0.25) is 0 Å². The monoisotopic (exact) mass is 305 g/mol. The number of esters is 1. The van der Waals surface area contributed by atoms with Crippen molar-refractivity contribution in [2.45, 2.75) is 13.8 Å². The molecule has 5 nitrogen and oxygen atoms in total. The third kappa shape index (κ3) is 3.16. The molecule has 0 aliphatic rings. The molecule has 1 aromatic heterocycles. The Hall–Kier alpha value is -2.63. The molecule has 1 aromatic carbocycles. The van der Waals surface area contributed by atoms with Crippen LogP contribution in [0.5, 0.6) is 5.75 Å². The van der Waals surface area contributed by atoms with Crippen LogP contribution in [0.1, 0.15) is 32.1 Å². The fourth-order valence-electron chi connectivity index (χ4n) is 2.23. The quantitative estimate of drug-likeness (QED) is 0.681. The first-order valence-corrected chi connectivity index (χ1v) is 6.63. The molecule has 0 fully saturated rings. The van der Waals surface area contributed by atoms with Gasteiger partial charge in [-0.2, -0.15) is 0 Å². The Morgan fingerprint density at radius 3 is 2.41 bits per heavy atom. The average Bonchev–Trinajstić information content (AvgIpc) is 2.80. The Balaban J connectivity index is 2.14. The second-order valence-corrected chi connectivity index (χ2v) is 4.78. The Morgan fingerprint density at radius 2 is 1.82 bits per heavy atom. The minimum atomic E-state index is -0.529. The van der Waals surface area contributed by atoms with Crippen molar-refractivity contribution in [1.29, 1.82) is 0 Å². The number of rotatable bonds is 5. The van der Waals surface area contributed by atoms with Gasteiger partial charge in [0.25, 0.3) is 0 Å². The second kappa shape index (κ2) is 6.43. The van der Waals surface area contributed by atoms with Crippen LogP contribution in [0.15, 0.2) is 24.3 Å². The van der Waals surface area contributed by atoms with E-state index in [0.717, 1.165) is 0 Å². The lowest BCUT2D eigenvalue weighted by atomic mass is 10.1. The van der Waals surface area contributed by atoms with Gasteiger partial charge in [-0.3, -0.25) is 4.79 Å². The number of carbonyl (C=O) groups is 2. The fourth-order valence-corrected chi connectivity index (χ4v) is 2.23. The number of hydrogen-bond acceptors (Lipinski definition) is 4. The molecule has 1 N–H and O–H groups in total. The Morgan fingerprint density at radius 1 is 1.18 bits per heavy atom. The standard InChI is InChI=1S/C16H16FNO4/c1-9-14(10(2)18-15(9)16(20)21-3)13(19)8-22-12-6-4-11(17)5-7-12/h4-7,18H,8H2,1-3H3. The van der Waals surface area contributed by atoms with Crippen molar-refractivity contribution in [2.75, 3.05) is 13.7 Å². The molecule has 0 saturated carbocycles. The van der Waals surface area contributed by atoms with Crippen LogP contribution in [-0.2, 0) is 4.74 Å². The van der Waals surface area contributed by atoms with E-state index >= 15 is 0 Å². The fraction of sp³-hybridized carbons (Fsp3) is 0.250. The van der Waals surface area contributed by atoms with Gasteiger partial charge in [0.05, 0.1) is 7.11 Å². The van der Waals surface area contributed by atoms with Crippen LogP contribution in [0.4, 0.5) is 4.39 Å². The van der Waals surface area contributed by atoms with E-state index in [1.165, 1.54) is 31.4 Å². The average molecular weight is 305 g/mol. The van der Waals surface area contributed by atoms with Gasteiger partial charge in [0.2, 0.25) is 5.78 Å². The van der Waals surface area contributed by atoms with E-state index in [1.54, 1.807) is 13.8 Å². The Kier molecular flexibility index (Phi) is 4.60. The van der Waals surface area contributed by atoms with E-state index < -0.39 is 5.97 Å². The molecule has 0 atom stereocenters. The predicted molar refractivity (Wildman–Crippen MR) is 77.8 cm³/mol. The summed E-state index contributed by atoms with van der Waals surface area (Å²) in [6.07, 6.45) is 0.